The van der Waals surface area contributed by atoms with Gasteiger partial charge in [-0.2, -0.15) is 0 Å². The number of hydrogen-bond donors (Lipinski definition) is 1. The molecule has 6 heteroatoms. The van der Waals surface area contributed by atoms with Crippen LogP contribution >= 0.6 is 11.3 Å². The average molecular weight is 289 g/mol. The van der Waals surface area contributed by atoms with Crippen LogP contribution in [0.15, 0.2) is 29.6 Å². The third-order valence-corrected chi connectivity index (χ3v) is 3.98. The molecule has 2 aromatic rings. The number of nitrogens with zero attached hydrogens (tertiary/aromatic N) is 2. The number of thiazole rings is 1. The van der Waals surface area contributed by atoms with E-state index in [0.717, 1.165) is 37.6 Å². The van der Waals surface area contributed by atoms with Gasteiger partial charge in [0.1, 0.15) is 0 Å². The summed E-state index contributed by atoms with van der Waals surface area (Å²) in [7, 11) is 0. The zero-order chi connectivity index (χ0) is 13.8. The number of rotatable bonds is 4. The predicted molar refractivity (Wildman–Crippen MR) is 80.3 cm³/mol. The van der Waals surface area contributed by atoms with Crippen molar-refractivity contribution < 1.29 is 9.53 Å². The van der Waals surface area contributed by atoms with Crippen molar-refractivity contribution in [1.29, 1.82) is 0 Å². The van der Waals surface area contributed by atoms with Crippen LogP contribution < -0.4 is 10.2 Å². The molecule has 0 aliphatic carbocycles. The van der Waals surface area contributed by atoms with Crippen LogP contribution in [0.5, 0.6) is 0 Å². The van der Waals surface area contributed by atoms with E-state index in [4.69, 9.17) is 4.74 Å². The molecule has 0 spiro atoms. The second kappa shape index (κ2) is 6.02. The summed E-state index contributed by atoms with van der Waals surface area (Å²) in [5.41, 5.74) is 3.13. The van der Waals surface area contributed by atoms with E-state index in [1.807, 2.05) is 17.5 Å². The van der Waals surface area contributed by atoms with E-state index in [1.54, 1.807) is 0 Å². The first-order valence-electron chi connectivity index (χ1n) is 6.45. The fraction of sp³-hybridized carbons (Fsp3) is 0.286. The maximum Gasteiger partial charge on any atom is 0.213 e. The van der Waals surface area contributed by atoms with Gasteiger partial charge < -0.3 is 15.0 Å². The van der Waals surface area contributed by atoms with E-state index < -0.39 is 0 Å². The summed E-state index contributed by atoms with van der Waals surface area (Å²) in [6.07, 6.45) is 0.646. The van der Waals surface area contributed by atoms with Crippen molar-refractivity contribution in [2.75, 3.05) is 36.5 Å². The van der Waals surface area contributed by atoms with Crippen LogP contribution in [0.4, 0.5) is 10.8 Å². The van der Waals surface area contributed by atoms with Gasteiger partial charge in [-0.3, -0.25) is 4.79 Å². The van der Waals surface area contributed by atoms with Gasteiger partial charge in [-0.25, -0.2) is 4.98 Å². The molecule has 1 aromatic carbocycles. The van der Waals surface area contributed by atoms with Gasteiger partial charge >= 0.3 is 0 Å². The van der Waals surface area contributed by atoms with Gasteiger partial charge in [0.2, 0.25) is 6.41 Å². The fourth-order valence-corrected chi connectivity index (χ4v) is 2.89. The third kappa shape index (κ3) is 2.81. The first-order chi connectivity index (χ1) is 9.86. The summed E-state index contributed by atoms with van der Waals surface area (Å²) in [5, 5.41) is 5.14. The summed E-state index contributed by atoms with van der Waals surface area (Å²) >= 11 is 1.42. The second-order valence-corrected chi connectivity index (χ2v) is 5.31. The van der Waals surface area contributed by atoms with E-state index >= 15 is 0 Å². The summed E-state index contributed by atoms with van der Waals surface area (Å²) < 4.78 is 5.37. The minimum absolute atomic E-state index is 0.617. The number of anilines is 2. The van der Waals surface area contributed by atoms with Gasteiger partial charge in [-0.1, -0.05) is 12.1 Å². The Labute approximate surface area is 121 Å². The van der Waals surface area contributed by atoms with E-state index in [2.05, 4.69) is 27.3 Å². The summed E-state index contributed by atoms with van der Waals surface area (Å²) in [6, 6.07) is 8.30. The van der Waals surface area contributed by atoms with Crippen LogP contribution in [-0.4, -0.2) is 37.7 Å². The molecule has 0 unspecified atom stereocenters. The van der Waals surface area contributed by atoms with Crippen molar-refractivity contribution >= 4 is 28.6 Å². The molecule has 104 valence electrons. The molecule has 0 saturated carbocycles. The van der Waals surface area contributed by atoms with Crippen molar-refractivity contribution in [3.63, 3.8) is 0 Å². The Bertz CT molecular complexity index is 594. The molecule has 0 radical (unpaired) electrons. The summed E-state index contributed by atoms with van der Waals surface area (Å²) in [6.45, 7) is 3.37. The number of nitrogens with one attached hydrogen (secondary N) is 1. The maximum absolute atomic E-state index is 10.4. The highest BCUT2D eigenvalue weighted by Crippen LogP contribution is 2.28. The Morgan fingerprint density at radius 2 is 2.20 bits per heavy atom. The summed E-state index contributed by atoms with van der Waals surface area (Å²) in [4.78, 5) is 17.1. The standard InChI is InChI=1S/C14H15N3O2S/c18-10-15-14-16-13(9-20-14)11-2-1-3-12(8-11)17-4-6-19-7-5-17/h1-3,8-10H,4-7H2,(H,15,16,18). The van der Waals surface area contributed by atoms with Crippen LogP contribution in [0.25, 0.3) is 11.3 Å². The topological polar surface area (TPSA) is 54.5 Å². The van der Waals surface area contributed by atoms with Gasteiger partial charge in [-0.05, 0) is 12.1 Å². The molecule has 1 saturated heterocycles. The van der Waals surface area contributed by atoms with E-state index in [-0.39, 0.29) is 0 Å². The zero-order valence-corrected chi connectivity index (χ0v) is 11.7. The van der Waals surface area contributed by atoms with Gasteiger partial charge in [0, 0.05) is 29.7 Å². The molecule has 20 heavy (non-hydrogen) atoms. The number of carbonyl (C=O) groups excluding carboxylic acids is 1. The Morgan fingerprint density at radius 3 is 3.00 bits per heavy atom. The first kappa shape index (κ1) is 13.1. The van der Waals surface area contributed by atoms with Crippen molar-refractivity contribution in [3.05, 3.63) is 29.6 Å². The number of carbonyl (C=O) groups is 1. The second-order valence-electron chi connectivity index (χ2n) is 4.45. The monoisotopic (exact) mass is 289 g/mol. The van der Waals surface area contributed by atoms with Crippen LogP contribution in [0.2, 0.25) is 0 Å². The lowest BCUT2D eigenvalue weighted by atomic mass is 10.1. The van der Waals surface area contributed by atoms with Crippen LogP contribution in [0, 0.1) is 0 Å². The van der Waals surface area contributed by atoms with Crippen LogP contribution in [0.1, 0.15) is 0 Å². The lowest BCUT2D eigenvalue weighted by Crippen LogP contribution is -2.36. The number of ether oxygens (including phenoxy) is 1. The van der Waals surface area contributed by atoms with Gasteiger partial charge in [0.25, 0.3) is 0 Å². The minimum Gasteiger partial charge on any atom is -0.378 e. The van der Waals surface area contributed by atoms with Crippen molar-refractivity contribution in [2.45, 2.75) is 0 Å². The maximum atomic E-state index is 10.4. The third-order valence-electron chi connectivity index (χ3n) is 3.20. The normalized spacial score (nSPS) is 15.1. The molecular formula is C14H15N3O2S. The number of aromatic nitrogens is 1. The highest BCUT2D eigenvalue weighted by atomic mass is 32.1. The summed E-state index contributed by atoms with van der Waals surface area (Å²) in [5.74, 6) is 0. The molecule has 5 nitrogen and oxygen atoms in total. The molecular weight excluding hydrogens is 274 g/mol. The number of amides is 1. The predicted octanol–water partition coefficient (Wildman–Crippen LogP) is 2.21. The molecule has 1 aromatic heterocycles. The van der Waals surface area contributed by atoms with E-state index in [1.165, 1.54) is 17.0 Å². The van der Waals surface area contributed by atoms with Gasteiger partial charge in [0.15, 0.2) is 5.13 Å². The molecule has 3 rings (SSSR count). The largest absolute Gasteiger partial charge is 0.378 e. The number of benzene rings is 1. The Balaban J connectivity index is 1.83. The molecule has 1 aliphatic rings. The van der Waals surface area contributed by atoms with Crippen molar-refractivity contribution in [2.24, 2.45) is 0 Å². The lowest BCUT2D eigenvalue weighted by Gasteiger charge is -2.29. The van der Waals surface area contributed by atoms with E-state index in [0.29, 0.717) is 11.5 Å². The SMILES string of the molecule is O=CNc1nc(-c2cccc(N3CCOCC3)c2)cs1. The first-order valence-corrected chi connectivity index (χ1v) is 7.33. The average Bonchev–Trinajstić information content (AvgIpc) is 2.97. The smallest absolute Gasteiger partial charge is 0.213 e. The highest BCUT2D eigenvalue weighted by Gasteiger charge is 2.12. The molecule has 0 bridgehead atoms. The quantitative estimate of drug-likeness (QED) is 0.877. The molecule has 1 fully saturated rings. The molecule has 1 amide bonds. The van der Waals surface area contributed by atoms with Crippen LogP contribution in [0.3, 0.4) is 0 Å². The number of morpholine rings is 1. The zero-order valence-electron chi connectivity index (χ0n) is 10.9. The van der Waals surface area contributed by atoms with Gasteiger partial charge in [0.05, 0.1) is 18.9 Å². The Kier molecular flexibility index (Phi) is 3.94. The molecule has 0 atom stereocenters. The highest BCUT2D eigenvalue weighted by molar-refractivity contribution is 7.14. The Hall–Kier alpha value is -1.92. The lowest BCUT2D eigenvalue weighted by molar-refractivity contribution is -0.105. The number of hydrogen-bond acceptors (Lipinski definition) is 5. The fourth-order valence-electron chi connectivity index (χ4n) is 2.21. The molecule has 1 aliphatic heterocycles. The molecule has 1 N–H and O–H groups in total. The minimum atomic E-state index is 0.617. The molecule has 2 heterocycles. The van der Waals surface area contributed by atoms with E-state index in [9.17, 15) is 4.79 Å². The van der Waals surface area contributed by atoms with Gasteiger partial charge in [-0.15, -0.1) is 11.3 Å². The van der Waals surface area contributed by atoms with Crippen molar-refractivity contribution in [1.82, 2.24) is 4.98 Å². The van der Waals surface area contributed by atoms with Crippen molar-refractivity contribution in [3.8, 4) is 11.3 Å². The Morgan fingerprint density at radius 1 is 1.35 bits per heavy atom. The van der Waals surface area contributed by atoms with Crippen LogP contribution in [-0.2, 0) is 9.53 Å².